The summed E-state index contributed by atoms with van der Waals surface area (Å²) in [5, 5.41) is 9.15. The van der Waals surface area contributed by atoms with Gasteiger partial charge in [0.25, 0.3) is 0 Å². The number of hydrogen-bond donors (Lipinski definition) is 2. The molecular formula is C22H29N3O5S2. The first-order valence-corrected chi connectivity index (χ1v) is 12.9. The molecule has 0 bridgehead atoms. The summed E-state index contributed by atoms with van der Waals surface area (Å²) in [6.07, 6.45) is 0.581. The lowest BCUT2D eigenvalue weighted by Gasteiger charge is -2.30. The Kier molecular flexibility index (Phi) is 7.26. The summed E-state index contributed by atoms with van der Waals surface area (Å²) in [4.78, 5) is 29.0. The van der Waals surface area contributed by atoms with E-state index < -0.39 is 26.9 Å². The Morgan fingerprint density at radius 1 is 1.16 bits per heavy atom. The molecule has 2 aromatic rings. The number of benzene rings is 1. The lowest BCUT2D eigenvalue weighted by Crippen LogP contribution is -2.41. The Morgan fingerprint density at radius 3 is 2.44 bits per heavy atom. The van der Waals surface area contributed by atoms with Crippen LogP contribution in [0.3, 0.4) is 0 Å². The number of sulfone groups is 1. The largest absolute Gasteiger partial charge is 0.331 e. The average molecular weight is 480 g/mol. The van der Waals surface area contributed by atoms with Crippen LogP contribution < -0.4 is 5.48 Å². The molecule has 2 heterocycles. The minimum absolute atomic E-state index is 0.0541. The van der Waals surface area contributed by atoms with Crippen molar-refractivity contribution < 1.29 is 23.2 Å². The molecule has 1 fully saturated rings. The van der Waals surface area contributed by atoms with Gasteiger partial charge in [-0.1, -0.05) is 31.2 Å². The topological polar surface area (TPSA) is 107 Å². The molecule has 0 unspecified atom stereocenters. The number of aryl methyl sites for hydroxylation is 1. The molecule has 0 saturated carbocycles. The summed E-state index contributed by atoms with van der Waals surface area (Å²) < 4.78 is 25.6. The van der Waals surface area contributed by atoms with Crippen molar-refractivity contribution in [3.05, 3.63) is 46.8 Å². The molecule has 32 heavy (non-hydrogen) atoms. The van der Waals surface area contributed by atoms with Gasteiger partial charge in [0.15, 0.2) is 9.84 Å². The highest BCUT2D eigenvalue weighted by Crippen LogP contribution is 2.45. The molecule has 1 aliphatic heterocycles. The van der Waals surface area contributed by atoms with Crippen LogP contribution in [-0.2, 0) is 25.8 Å². The van der Waals surface area contributed by atoms with E-state index in [1.807, 2.05) is 30.3 Å². The number of nitrogens with zero attached hydrogens (tertiary/aromatic N) is 2. The lowest BCUT2D eigenvalue weighted by molar-refractivity contribution is -0.129. The van der Waals surface area contributed by atoms with Gasteiger partial charge in [0.2, 0.25) is 5.91 Å². The number of urea groups is 1. The van der Waals surface area contributed by atoms with Gasteiger partial charge in [-0.2, -0.15) is 0 Å². The van der Waals surface area contributed by atoms with Gasteiger partial charge in [-0.25, -0.2) is 18.7 Å². The molecule has 1 aromatic heterocycles. The van der Waals surface area contributed by atoms with Crippen molar-refractivity contribution in [3.63, 3.8) is 0 Å². The van der Waals surface area contributed by atoms with Gasteiger partial charge in [-0.3, -0.25) is 10.0 Å². The Hall–Kier alpha value is -2.43. The van der Waals surface area contributed by atoms with Gasteiger partial charge in [-0.15, -0.1) is 11.3 Å². The van der Waals surface area contributed by atoms with Crippen LogP contribution in [0.15, 0.2) is 36.4 Å². The highest BCUT2D eigenvalue weighted by molar-refractivity contribution is 7.92. The Bertz CT molecular complexity index is 1080. The molecule has 1 saturated heterocycles. The van der Waals surface area contributed by atoms with Gasteiger partial charge < -0.3 is 9.80 Å². The van der Waals surface area contributed by atoms with Crippen LogP contribution in [0, 0.1) is 0 Å². The zero-order chi connectivity index (χ0) is 23.5. The summed E-state index contributed by atoms with van der Waals surface area (Å²) >= 11 is 1.33. The molecule has 3 rings (SSSR count). The number of hydrogen-bond acceptors (Lipinski definition) is 6. The van der Waals surface area contributed by atoms with Gasteiger partial charge in [0, 0.05) is 36.9 Å². The van der Waals surface area contributed by atoms with Crippen LogP contribution in [0.5, 0.6) is 0 Å². The van der Waals surface area contributed by atoms with Crippen molar-refractivity contribution >= 4 is 33.1 Å². The van der Waals surface area contributed by atoms with E-state index in [2.05, 4.69) is 6.92 Å². The fourth-order valence-corrected chi connectivity index (χ4v) is 7.59. The molecule has 0 spiro atoms. The van der Waals surface area contributed by atoms with Crippen molar-refractivity contribution in [1.29, 1.82) is 0 Å². The van der Waals surface area contributed by atoms with Gasteiger partial charge in [0.05, 0.1) is 12.2 Å². The molecule has 0 radical (unpaired) electrons. The second-order valence-electron chi connectivity index (χ2n) is 8.15. The maximum Gasteiger partial charge on any atom is 0.319 e. The molecule has 10 heteroatoms. The maximum absolute atomic E-state index is 13.5. The average Bonchev–Trinajstić information content (AvgIpc) is 3.23. The number of amides is 3. The third-order valence-corrected chi connectivity index (χ3v) is 9.88. The van der Waals surface area contributed by atoms with Crippen molar-refractivity contribution in [2.24, 2.45) is 0 Å². The first kappa shape index (κ1) is 24.2. The SMILES string of the molecule is CCc1ccc(-c2ccc([C@@]3(CC(=O)NO)CCN(C(=O)N(C)C)CCS3(=O)=O)s2)cc1. The Morgan fingerprint density at radius 2 is 1.84 bits per heavy atom. The number of rotatable bonds is 5. The Labute approximate surface area is 192 Å². The monoisotopic (exact) mass is 479 g/mol. The predicted octanol–water partition coefficient (Wildman–Crippen LogP) is 2.87. The minimum atomic E-state index is -3.83. The zero-order valence-corrected chi connectivity index (χ0v) is 20.1. The zero-order valence-electron chi connectivity index (χ0n) is 18.5. The summed E-state index contributed by atoms with van der Waals surface area (Å²) in [6.45, 7) is 2.32. The highest BCUT2D eigenvalue weighted by Gasteiger charge is 2.50. The molecule has 0 aliphatic carbocycles. The van der Waals surface area contributed by atoms with E-state index in [0.717, 1.165) is 16.9 Å². The van der Waals surface area contributed by atoms with E-state index in [9.17, 15) is 18.0 Å². The van der Waals surface area contributed by atoms with E-state index in [0.29, 0.717) is 4.88 Å². The number of thiophene rings is 1. The maximum atomic E-state index is 13.5. The number of carbonyl (C=O) groups excluding carboxylic acids is 2. The fourth-order valence-electron chi connectivity index (χ4n) is 3.99. The van der Waals surface area contributed by atoms with Crippen molar-refractivity contribution in [2.45, 2.75) is 30.9 Å². The first-order chi connectivity index (χ1) is 15.1. The molecule has 1 aliphatic rings. The third-order valence-electron chi connectivity index (χ3n) is 5.94. The fraction of sp³-hybridized carbons (Fsp3) is 0.455. The second kappa shape index (κ2) is 9.60. The van der Waals surface area contributed by atoms with Gasteiger partial charge >= 0.3 is 6.03 Å². The summed E-state index contributed by atoms with van der Waals surface area (Å²) in [7, 11) is -0.596. The molecule has 8 nitrogen and oxygen atoms in total. The van der Waals surface area contributed by atoms with Crippen LogP contribution in [0.2, 0.25) is 0 Å². The molecule has 2 N–H and O–H groups in total. The van der Waals surface area contributed by atoms with Crippen LogP contribution in [0.4, 0.5) is 4.79 Å². The normalized spacial score (nSPS) is 20.4. The van der Waals surface area contributed by atoms with Crippen molar-refractivity contribution in [3.8, 4) is 10.4 Å². The summed E-state index contributed by atoms with van der Waals surface area (Å²) in [6, 6.07) is 11.4. The van der Waals surface area contributed by atoms with E-state index in [4.69, 9.17) is 5.21 Å². The second-order valence-corrected chi connectivity index (χ2v) is 11.7. The molecular weight excluding hydrogens is 450 g/mol. The standard InChI is InChI=1S/C22H29N3O5S2/c1-4-16-5-7-17(8-6-16)18-9-10-19(31-18)22(15-20(26)23-28)11-12-25(21(27)24(2)3)13-14-32(22,29)30/h5-10,28H,4,11-15H2,1-3H3,(H,23,26)/t22-/m0/s1. The molecule has 1 aromatic carbocycles. The Balaban J connectivity index is 2.04. The molecule has 174 valence electrons. The van der Waals surface area contributed by atoms with E-state index in [-0.39, 0.29) is 31.3 Å². The lowest BCUT2D eigenvalue weighted by atomic mass is 9.97. The number of nitrogens with one attached hydrogen (secondary N) is 1. The molecule has 3 amide bonds. The number of hydroxylamine groups is 1. The van der Waals surface area contributed by atoms with Crippen molar-refractivity contribution in [2.75, 3.05) is 32.9 Å². The van der Waals surface area contributed by atoms with Gasteiger partial charge in [-0.05, 0) is 36.1 Å². The summed E-state index contributed by atoms with van der Waals surface area (Å²) in [5.74, 6) is -1.04. The van der Waals surface area contributed by atoms with E-state index in [1.54, 1.807) is 25.6 Å². The van der Waals surface area contributed by atoms with E-state index >= 15 is 0 Å². The predicted molar refractivity (Wildman–Crippen MR) is 124 cm³/mol. The summed E-state index contributed by atoms with van der Waals surface area (Å²) in [5.41, 5.74) is 3.76. The molecule has 1 atom stereocenters. The van der Waals surface area contributed by atoms with E-state index in [1.165, 1.54) is 26.7 Å². The number of carbonyl (C=O) groups is 2. The smallest absolute Gasteiger partial charge is 0.319 e. The van der Waals surface area contributed by atoms with Crippen LogP contribution in [0.25, 0.3) is 10.4 Å². The quantitative estimate of drug-likeness (QED) is 0.507. The van der Waals surface area contributed by atoms with Crippen molar-refractivity contribution in [1.82, 2.24) is 15.3 Å². The van der Waals surface area contributed by atoms with Crippen LogP contribution in [-0.4, -0.2) is 68.3 Å². The van der Waals surface area contributed by atoms with Crippen LogP contribution >= 0.6 is 11.3 Å². The highest BCUT2D eigenvalue weighted by atomic mass is 32.2. The van der Waals surface area contributed by atoms with Crippen LogP contribution in [0.1, 0.15) is 30.2 Å². The third kappa shape index (κ3) is 4.67. The first-order valence-electron chi connectivity index (χ1n) is 10.4. The minimum Gasteiger partial charge on any atom is -0.331 e. The van der Waals surface area contributed by atoms with Gasteiger partial charge in [0.1, 0.15) is 4.75 Å².